The van der Waals surface area contributed by atoms with Crippen molar-refractivity contribution in [2.75, 3.05) is 13.1 Å². The average Bonchev–Trinajstić information content (AvgIpc) is 3.32. The number of sulfonamides is 1. The van der Waals surface area contributed by atoms with Crippen LogP contribution in [0.2, 0.25) is 5.02 Å². The number of nitrogens with zero attached hydrogens (tertiary/aromatic N) is 2. The zero-order chi connectivity index (χ0) is 20.9. The van der Waals surface area contributed by atoms with Crippen molar-refractivity contribution in [3.63, 3.8) is 0 Å². The third-order valence-corrected chi connectivity index (χ3v) is 6.59. The van der Waals surface area contributed by atoms with Crippen LogP contribution in [-0.2, 0) is 22.8 Å². The van der Waals surface area contributed by atoms with E-state index in [0.29, 0.717) is 16.5 Å². The number of thioether (sulfide) groups is 1. The topological polar surface area (TPSA) is 106 Å². The predicted molar refractivity (Wildman–Crippen MR) is 110 cm³/mol. The fourth-order valence-electron chi connectivity index (χ4n) is 2.37. The molecular weight excluding hydrogens is 436 g/mol. The van der Waals surface area contributed by atoms with E-state index in [9.17, 15) is 13.2 Å². The molecule has 1 amide bonds. The van der Waals surface area contributed by atoms with Crippen molar-refractivity contribution in [2.24, 2.45) is 7.05 Å². The van der Waals surface area contributed by atoms with Gasteiger partial charge >= 0.3 is 0 Å². The van der Waals surface area contributed by atoms with Crippen molar-refractivity contribution < 1.29 is 17.6 Å². The van der Waals surface area contributed by atoms with E-state index in [1.807, 2.05) is 17.8 Å². The molecule has 0 saturated carbocycles. The number of hydrogen-bond donors (Lipinski definition) is 2. The van der Waals surface area contributed by atoms with E-state index in [-0.39, 0.29) is 23.7 Å². The monoisotopic (exact) mass is 454 g/mol. The lowest BCUT2D eigenvalue weighted by molar-refractivity contribution is 0.0925. The van der Waals surface area contributed by atoms with Gasteiger partial charge in [0.15, 0.2) is 10.9 Å². The predicted octanol–water partition coefficient (Wildman–Crippen LogP) is 2.67. The summed E-state index contributed by atoms with van der Waals surface area (Å²) in [6, 6.07) is 9.26. The van der Waals surface area contributed by atoms with Gasteiger partial charge in [-0.2, -0.15) is 0 Å². The average molecular weight is 455 g/mol. The van der Waals surface area contributed by atoms with Crippen molar-refractivity contribution in [3.8, 4) is 0 Å². The standard InChI is InChI=1S/C18H19ClN4O4S2/c1-23-10-9-21-18(23)28-12-14-5-6-16(27-14)17(24)20-7-8-22-29(25,26)15-4-2-3-13(19)11-15/h2-6,9-11,22H,7-8,12H2,1H3,(H,20,24). The minimum atomic E-state index is -3.69. The highest BCUT2D eigenvalue weighted by molar-refractivity contribution is 7.98. The van der Waals surface area contributed by atoms with Gasteiger partial charge in [-0.15, -0.1) is 0 Å². The molecule has 0 aliphatic carbocycles. The van der Waals surface area contributed by atoms with Crippen LogP contribution in [0.25, 0.3) is 0 Å². The molecule has 1 aromatic carbocycles. The summed E-state index contributed by atoms with van der Waals surface area (Å²) in [5.41, 5.74) is 0. The van der Waals surface area contributed by atoms with Crippen LogP contribution in [0.1, 0.15) is 16.3 Å². The number of furan rings is 1. The van der Waals surface area contributed by atoms with Crippen LogP contribution < -0.4 is 10.0 Å². The number of aromatic nitrogens is 2. The zero-order valence-corrected chi connectivity index (χ0v) is 17.9. The molecule has 0 spiro atoms. The van der Waals surface area contributed by atoms with Gasteiger partial charge in [0, 0.05) is 37.6 Å². The Balaban J connectivity index is 1.45. The Morgan fingerprint density at radius 1 is 1.28 bits per heavy atom. The first-order chi connectivity index (χ1) is 13.8. The van der Waals surface area contributed by atoms with Gasteiger partial charge in [0.05, 0.1) is 10.6 Å². The van der Waals surface area contributed by atoms with Crippen molar-refractivity contribution in [2.45, 2.75) is 15.8 Å². The summed E-state index contributed by atoms with van der Waals surface area (Å²) in [7, 11) is -1.79. The molecule has 3 aromatic rings. The third-order valence-electron chi connectivity index (χ3n) is 3.81. The SMILES string of the molecule is Cn1ccnc1SCc1ccc(C(=O)NCCNS(=O)(=O)c2cccc(Cl)c2)o1. The third kappa shape index (κ3) is 5.86. The molecule has 154 valence electrons. The highest BCUT2D eigenvalue weighted by Crippen LogP contribution is 2.21. The number of amides is 1. The molecule has 8 nitrogen and oxygen atoms in total. The molecule has 0 fully saturated rings. The molecule has 11 heteroatoms. The van der Waals surface area contributed by atoms with Gasteiger partial charge in [-0.05, 0) is 30.3 Å². The molecular formula is C18H19ClN4O4S2. The molecule has 29 heavy (non-hydrogen) atoms. The summed E-state index contributed by atoms with van der Waals surface area (Å²) in [5, 5.41) is 3.79. The van der Waals surface area contributed by atoms with Crippen LogP contribution in [0.4, 0.5) is 0 Å². The molecule has 2 N–H and O–H groups in total. The number of carbonyl (C=O) groups excluding carboxylic acids is 1. The van der Waals surface area contributed by atoms with Crippen molar-refractivity contribution in [1.29, 1.82) is 0 Å². The first-order valence-corrected chi connectivity index (χ1v) is 11.4. The second-order valence-corrected chi connectivity index (χ2v) is 9.13. The van der Waals surface area contributed by atoms with Crippen molar-refractivity contribution in [1.82, 2.24) is 19.6 Å². The summed E-state index contributed by atoms with van der Waals surface area (Å²) in [4.78, 5) is 16.4. The number of imidazole rings is 1. The molecule has 0 saturated heterocycles. The van der Waals surface area contributed by atoms with Crippen molar-refractivity contribution in [3.05, 3.63) is 65.3 Å². The summed E-state index contributed by atoms with van der Waals surface area (Å²) in [5.74, 6) is 0.931. The van der Waals surface area contributed by atoms with E-state index in [2.05, 4.69) is 15.0 Å². The fraction of sp³-hybridized carbons (Fsp3) is 0.222. The molecule has 0 atom stereocenters. The van der Waals surface area contributed by atoms with Crippen molar-refractivity contribution >= 4 is 39.3 Å². The molecule has 0 unspecified atom stereocenters. The second-order valence-electron chi connectivity index (χ2n) is 5.99. The molecule has 0 radical (unpaired) electrons. The Labute approximate surface area is 177 Å². The van der Waals surface area contributed by atoms with Crippen LogP contribution in [0.15, 0.2) is 63.3 Å². The Hall–Kier alpha value is -2.27. The highest BCUT2D eigenvalue weighted by atomic mass is 35.5. The van der Waals surface area contributed by atoms with E-state index in [4.69, 9.17) is 16.0 Å². The molecule has 2 aromatic heterocycles. The lowest BCUT2D eigenvalue weighted by Crippen LogP contribution is -2.34. The Morgan fingerprint density at radius 3 is 2.83 bits per heavy atom. The lowest BCUT2D eigenvalue weighted by Gasteiger charge is -2.07. The summed E-state index contributed by atoms with van der Waals surface area (Å²) in [6.07, 6.45) is 3.56. The number of nitrogens with one attached hydrogen (secondary N) is 2. The minimum Gasteiger partial charge on any atom is -0.455 e. The number of halogens is 1. The van der Waals surface area contributed by atoms with Gasteiger partial charge in [-0.1, -0.05) is 29.4 Å². The van der Waals surface area contributed by atoms with Gasteiger partial charge in [-0.25, -0.2) is 18.1 Å². The van der Waals surface area contributed by atoms with E-state index >= 15 is 0 Å². The maximum atomic E-state index is 12.2. The Morgan fingerprint density at radius 2 is 2.10 bits per heavy atom. The number of carbonyl (C=O) groups is 1. The quantitative estimate of drug-likeness (QED) is 0.380. The minimum absolute atomic E-state index is 0.0309. The molecule has 0 aliphatic heterocycles. The smallest absolute Gasteiger partial charge is 0.287 e. The Bertz CT molecular complexity index is 1090. The van der Waals surface area contributed by atoms with E-state index in [0.717, 1.165) is 5.16 Å². The number of benzene rings is 1. The Kier molecular flexibility index (Phi) is 7.01. The van der Waals surface area contributed by atoms with Crippen LogP contribution in [0, 0.1) is 0 Å². The van der Waals surface area contributed by atoms with Gasteiger partial charge in [0.25, 0.3) is 5.91 Å². The largest absolute Gasteiger partial charge is 0.455 e. The summed E-state index contributed by atoms with van der Waals surface area (Å²) >= 11 is 7.31. The normalized spacial score (nSPS) is 11.5. The van der Waals surface area contributed by atoms with Gasteiger partial charge in [-0.3, -0.25) is 4.79 Å². The van der Waals surface area contributed by atoms with Crippen LogP contribution in [0.5, 0.6) is 0 Å². The van der Waals surface area contributed by atoms with E-state index in [1.54, 1.807) is 30.5 Å². The first kappa shape index (κ1) is 21.4. The highest BCUT2D eigenvalue weighted by Gasteiger charge is 2.15. The lowest BCUT2D eigenvalue weighted by atomic mass is 10.4. The van der Waals surface area contributed by atoms with Gasteiger partial charge < -0.3 is 14.3 Å². The fourth-order valence-corrected chi connectivity index (χ4v) is 4.53. The summed E-state index contributed by atoms with van der Waals surface area (Å²) in [6.45, 7) is 0.139. The number of aryl methyl sites for hydroxylation is 1. The molecule has 3 rings (SSSR count). The zero-order valence-electron chi connectivity index (χ0n) is 15.5. The first-order valence-electron chi connectivity index (χ1n) is 8.57. The van der Waals surface area contributed by atoms with E-state index < -0.39 is 15.9 Å². The van der Waals surface area contributed by atoms with Gasteiger partial charge in [0.1, 0.15) is 5.76 Å². The summed E-state index contributed by atoms with van der Waals surface area (Å²) < 4.78 is 34.2. The maximum absolute atomic E-state index is 12.2. The molecule has 2 heterocycles. The van der Waals surface area contributed by atoms with Crippen LogP contribution >= 0.6 is 23.4 Å². The van der Waals surface area contributed by atoms with Gasteiger partial charge in [0.2, 0.25) is 10.0 Å². The maximum Gasteiger partial charge on any atom is 0.287 e. The second kappa shape index (κ2) is 9.49. The van der Waals surface area contributed by atoms with Crippen LogP contribution in [0.3, 0.4) is 0 Å². The molecule has 0 bridgehead atoms. The number of rotatable bonds is 9. The van der Waals surface area contributed by atoms with E-state index in [1.165, 1.54) is 23.9 Å². The number of hydrogen-bond acceptors (Lipinski definition) is 6. The van der Waals surface area contributed by atoms with Crippen LogP contribution in [-0.4, -0.2) is 37.0 Å². The molecule has 0 aliphatic rings.